The number of rotatable bonds is 5. The van der Waals surface area contributed by atoms with Crippen molar-refractivity contribution in [2.24, 2.45) is 0 Å². The zero-order valence-corrected chi connectivity index (χ0v) is 15.5. The molecule has 1 aromatic carbocycles. The first-order chi connectivity index (χ1) is 11.5. The second-order valence-electron chi connectivity index (χ2n) is 7.51. The number of amides is 1. The summed E-state index contributed by atoms with van der Waals surface area (Å²) in [5, 5.41) is 0. The number of fused-ring (bicyclic) bond motifs is 2. The van der Waals surface area contributed by atoms with Crippen molar-refractivity contribution in [2.75, 3.05) is 13.6 Å². The molecule has 24 heavy (non-hydrogen) atoms. The quantitative estimate of drug-likeness (QED) is 0.805. The van der Waals surface area contributed by atoms with Gasteiger partial charge in [0.2, 0.25) is 0 Å². The van der Waals surface area contributed by atoms with E-state index in [1.54, 1.807) is 0 Å². The molecule has 3 nitrogen and oxygen atoms in total. The number of hydrogen-bond acceptors (Lipinski definition) is 2. The normalized spacial score (nSPS) is 23.2. The SMILES string of the molecule is CCCCN(C(=O)c1cc(C)cc(C)c1)C1=CC2CCC(C1)N2C. The van der Waals surface area contributed by atoms with Crippen LogP contribution in [-0.4, -0.2) is 41.4 Å². The van der Waals surface area contributed by atoms with E-state index in [9.17, 15) is 4.79 Å². The molecule has 2 heterocycles. The van der Waals surface area contributed by atoms with Gasteiger partial charge in [-0.2, -0.15) is 0 Å². The highest BCUT2D eigenvalue weighted by Crippen LogP contribution is 2.35. The van der Waals surface area contributed by atoms with Crippen molar-refractivity contribution in [3.05, 3.63) is 46.7 Å². The predicted molar refractivity (Wildman–Crippen MR) is 99.1 cm³/mol. The van der Waals surface area contributed by atoms with Crippen molar-refractivity contribution in [1.29, 1.82) is 0 Å². The lowest BCUT2D eigenvalue weighted by Crippen LogP contribution is -2.41. The van der Waals surface area contributed by atoms with Gasteiger partial charge in [-0.3, -0.25) is 9.69 Å². The van der Waals surface area contributed by atoms with Crippen molar-refractivity contribution in [2.45, 2.75) is 65.0 Å². The third kappa shape index (κ3) is 3.41. The van der Waals surface area contributed by atoms with Crippen LogP contribution in [-0.2, 0) is 0 Å². The number of aryl methyl sites for hydroxylation is 2. The lowest BCUT2D eigenvalue weighted by Gasteiger charge is -2.35. The third-order valence-corrected chi connectivity index (χ3v) is 5.52. The summed E-state index contributed by atoms with van der Waals surface area (Å²) < 4.78 is 0. The first kappa shape index (κ1) is 17.2. The molecule has 3 heteroatoms. The largest absolute Gasteiger partial charge is 0.312 e. The Kier molecular flexibility index (Phi) is 5.09. The lowest BCUT2D eigenvalue weighted by molar-refractivity contribution is 0.0784. The van der Waals surface area contributed by atoms with Crippen LogP contribution in [0.4, 0.5) is 0 Å². The highest BCUT2D eigenvalue weighted by atomic mass is 16.2. The standard InChI is InChI=1S/C21H30N2O/c1-5-6-9-23(20-13-18-7-8-19(14-20)22(18)4)21(24)17-11-15(2)10-16(3)12-17/h10-13,18-19H,5-9,14H2,1-4H3. The minimum absolute atomic E-state index is 0.172. The molecule has 2 aliphatic heterocycles. The molecule has 1 amide bonds. The van der Waals surface area contributed by atoms with Crippen LogP contribution in [0.25, 0.3) is 0 Å². The Bertz CT molecular complexity index is 629. The van der Waals surface area contributed by atoms with Crippen molar-refractivity contribution in [1.82, 2.24) is 9.80 Å². The summed E-state index contributed by atoms with van der Waals surface area (Å²) in [7, 11) is 2.22. The maximum atomic E-state index is 13.2. The smallest absolute Gasteiger partial charge is 0.258 e. The van der Waals surface area contributed by atoms with E-state index in [-0.39, 0.29) is 5.91 Å². The molecule has 0 N–H and O–H groups in total. The Hall–Kier alpha value is -1.61. The predicted octanol–water partition coefficient (Wildman–Crippen LogP) is 4.30. The topological polar surface area (TPSA) is 23.6 Å². The summed E-state index contributed by atoms with van der Waals surface area (Å²) in [6.07, 6.45) is 7.99. The van der Waals surface area contributed by atoms with Crippen LogP contribution in [0.3, 0.4) is 0 Å². The fourth-order valence-corrected chi connectivity index (χ4v) is 4.17. The fourth-order valence-electron chi connectivity index (χ4n) is 4.17. The van der Waals surface area contributed by atoms with E-state index in [1.165, 1.54) is 18.5 Å². The van der Waals surface area contributed by atoms with Crippen LogP contribution in [0.1, 0.15) is 60.5 Å². The van der Waals surface area contributed by atoms with E-state index in [1.807, 2.05) is 12.1 Å². The maximum Gasteiger partial charge on any atom is 0.258 e. The summed E-state index contributed by atoms with van der Waals surface area (Å²) in [4.78, 5) is 17.8. The zero-order chi connectivity index (χ0) is 17.3. The molecule has 2 aliphatic rings. The van der Waals surface area contributed by atoms with Gasteiger partial charge in [-0.1, -0.05) is 30.5 Å². The number of hydrogen-bond donors (Lipinski definition) is 0. The number of likely N-dealkylation sites (N-methyl/N-ethyl adjacent to an activating group) is 1. The maximum absolute atomic E-state index is 13.2. The molecule has 0 aliphatic carbocycles. The molecule has 3 rings (SSSR count). The van der Waals surface area contributed by atoms with Crippen LogP contribution in [0.5, 0.6) is 0 Å². The van der Waals surface area contributed by atoms with Gasteiger partial charge in [0.15, 0.2) is 0 Å². The number of unbranched alkanes of at least 4 members (excludes halogenated alkanes) is 1. The van der Waals surface area contributed by atoms with Crippen LogP contribution in [0.2, 0.25) is 0 Å². The third-order valence-electron chi connectivity index (χ3n) is 5.52. The van der Waals surface area contributed by atoms with E-state index in [2.05, 4.69) is 49.8 Å². The summed E-state index contributed by atoms with van der Waals surface area (Å²) in [6, 6.07) is 7.29. The molecule has 1 saturated heterocycles. The van der Waals surface area contributed by atoms with Gasteiger partial charge in [-0.25, -0.2) is 0 Å². The highest BCUT2D eigenvalue weighted by molar-refractivity contribution is 5.95. The molecule has 1 fully saturated rings. The van der Waals surface area contributed by atoms with Crippen LogP contribution in [0.15, 0.2) is 30.0 Å². The zero-order valence-electron chi connectivity index (χ0n) is 15.5. The molecule has 1 aromatic rings. The molecule has 2 unspecified atom stereocenters. The van der Waals surface area contributed by atoms with Gasteiger partial charge in [-0.05, 0) is 58.4 Å². The highest BCUT2D eigenvalue weighted by Gasteiger charge is 2.36. The van der Waals surface area contributed by atoms with E-state index < -0.39 is 0 Å². The Morgan fingerprint density at radius 3 is 2.54 bits per heavy atom. The Morgan fingerprint density at radius 1 is 1.21 bits per heavy atom. The molecular formula is C21H30N2O. The Morgan fingerprint density at radius 2 is 1.92 bits per heavy atom. The molecular weight excluding hydrogens is 296 g/mol. The molecule has 0 spiro atoms. The van der Waals surface area contributed by atoms with E-state index in [4.69, 9.17) is 0 Å². The molecule has 0 saturated carbocycles. The molecule has 130 valence electrons. The minimum Gasteiger partial charge on any atom is -0.312 e. The minimum atomic E-state index is 0.172. The van der Waals surface area contributed by atoms with Crippen molar-refractivity contribution >= 4 is 5.91 Å². The second-order valence-corrected chi connectivity index (χ2v) is 7.51. The molecule has 0 aromatic heterocycles. The summed E-state index contributed by atoms with van der Waals surface area (Å²) in [6.45, 7) is 7.15. The molecule has 2 bridgehead atoms. The second kappa shape index (κ2) is 7.10. The van der Waals surface area contributed by atoms with Crippen LogP contribution >= 0.6 is 0 Å². The number of carbonyl (C=O) groups excluding carboxylic acids is 1. The average Bonchev–Trinajstić information content (AvgIpc) is 2.75. The monoisotopic (exact) mass is 326 g/mol. The molecule has 2 atom stereocenters. The number of benzene rings is 1. The van der Waals surface area contributed by atoms with Crippen molar-refractivity contribution < 1.29 is 4.79 Å². The summed E-state index contributed by atoms with van der Waals surface area (Å²) in [5.41, 5.74) is 4.39. The van der Waals surface area contributed by atoms with Crippen molar-refractivity contribution in [3.63, 3.8) is 0 Å². The lowest BCUT2D eigenvalue weighted by atomic mass is 10.0. The van der Waals surface area contributed by atoms with E-state index in [0.29, 0.717) is 12.1 Å². The molecule has 0 radical (unpaired) electrons. The van der Waals surface area contributed by atoms with E-state index >= 15 is 0 Å². The first-order valence-corrected chi connectivity index (χ1v) is 9.32. The van der Waals surface area contributed by atoms with Gasteiger partial charge in [0.25, 0.3) is 5.91 Å². The van der Waals surface area contributed by atoms with Gasteiger partial charge in [0.05, 0.1) is 0 Å². The summed E-state index contributed by atoms with van der Waals surface area (Å²) >= 11 is 0. The fraction of sp³-hybridized carbons (Fsp3) is 0.571. The van der Waals surface area contributed by atoms with Crippen molar-refractivity contribution in [3.8, 4) is 0 Å². The van der Waals surface area contributed by atoms with E-state index in [0.717, 1.165) is 42.5 Å². The first-order valence-electron chi connectivity index (χ1n) is 9.32. The van der Waals surface area contributed by atoms with Crippen LogP contribution < -0.4 is 0 Å². The number of carbonyl (C=O) groups is 1. The van der Waals surface area contributed by atoms with Gasteiger partial charge in [0, 0.05) is 36.3 Å². The van der Waals surface area contributed by atoms with Crippen LogP contribution in [0, 0.1) is 13.8 Å². The summed E-state index contributed by atoms with van der Waals surface area (Å²) in [5.74, 6) is 0.172. The van der Waals surface area contributed by atoms with Gasteiger partial charge >= 0.3 is 0 Å². The van der Waals surface area contributed by atoms with Gasteiger partial charge in [-0.15, -0.1) is 0 Å². The Balaban J connectivity index is 1.89. The average molecular weight is 326 g/mol. The Labute approximate surface area is 146 Å². The van der Waals surface area contributed by atoms with Gasteiger partial charge in [0.1, 0.15) is 0 Å². The van der Waals surface area contributed by atoms with Gasteiger partial charge < -0.3 is 4.90 Å². The number of nitrogens with zero attached hydrogens (tertiary/aromatic N) is 2.